The number of Topliss-reactive ketones (excluding diaryl/α,β-unsaturated/α-hetero) is 1. The molecule has 1 heterocycles. The second-order valence-electron chi connectivity index (χ2n) is 9.37. The van der Waals surface area contributed by atoms with E-state index in [-0.39, 0.29) is 23.5 Å². The predicted molar refractivity (Wildman–Crippen MR) is 103 cm³/mol. The van der Waals surface area contributed by atoms with Gasteiger partial charge in [0, 0.05) is 11.8 Å². The van der Waals surface area contributed by atoms with Crippen LogP contribution in [0, 0.1) is 23.7 Å². The van der Waals surface area contributed by atoms with E-state index >= 15 is 0 Å². The van der Waals surface area contributed by atoms with Crippen molar-refractivity contribution in [1.29, 1.82) is 0 Å². The van der Waals surface area contributed by atoms with Crippen molar-refractivity contribution < 1.29 is 28.7 Å². The third kappa shape index (κ3) is 3.81. The average molecular weight is 419 g/mol. The molecule has 1 unspecified atom stereocenters. The van der Waals surface area contributed by atoms with Gasteiger partial charge in [-0.1, -0.05) is 13.3 Å². The second-order valence-corrected chi connectivity index (χ2v) is 9.37. The van der Waals surface area contributed by atoms with Crippen molar-refractivity contribution in [2.75, 3.05) is 6.61 Å². The number of hydrogen-bond donors (Lipinski definition) is 2. The molecule has 0 aromatic rings. The fourth-order valence-corrected chi connectivity index (χ4v) is 5.40. The molecule has 3 saturated carbocycles. The monoisotopic (exact) mass is 419 g/mol. The van der Waals surface area contributed by atoms with Crippen LogP contribution in [0.15, 0.2) is 0 Å². The normalized spacial score (nSPS) is 35.9. The van der Waals surface area contributed by atoms with Crippen molar-refractivity contribution in [2.45, 2.75) is 70.3 Å². The SMILES string of the molecule is CC1CCC2(CC1)NC(=O)N(NC(=O)COC(=O)C1C[C@H]3CCC[C@@H](C1)C3=O)C2=O. The highest BCUT2D eigenvalue weighted by Gasteiger charge is 2.53. The van der Waals surface area contributed by atoms with Gasteiger partial charge in [0.15, 0.2) is 6.61 Å². The molecule has 9 nitrogen and oxygen atoms in total. The Morgan fingerprint density at radius 1 is 1.10 bits per heavy atom. The minimum Gasteiger partial charge on any atom is -0.455 e. The zero-order valence-corrected chi connectivity index (χ0v) is 17.3. The molecule has 4 rings (SSSR count). The lowest BCUT2D eigenvalue weighted by molar-refractivity contribution is -0.157. The number of carbonyl (C=O) groups excluding carboxylic acids is 5. The van der Waals surface area contributed by atoms with E-state index in [2.05, 4.69) is 17.7 Å². The smallest absolute Gasteiger partial charge is 0.344 e. The molecule has 3 atom stereocenters. The van der Waals surface area contributed by atoms with Crippen LogP contribution in [0.5, 0.6) is 0 Å². The number of urea groups is 1. The Morgan fingerprint density at radius 3 is 2.37 bits per heavy atom. The number of nitrogens with one attached hydrogen (secondary N) is 2. The van der Waals surface area contributed by atoms with Crippen LogP contribution in [0.2, 0.25) is 0 Å². The van der Waals surface area contributed by atoms with Gasteiger partial charge in [-0.25, -0.2) is 4.79 Å². The van der Waals surface area contributed by atoms with Gasteiger partial charge in [0.05, 0.1) is 5.92 Å². The van der Waals surface area contributed by atoms with Gasteiger partial charge in [-0.2, -0.15) is 5.01 Å². The summed E-state index contributed by atoms with van der Waals surface area (Å²) < 4.78 is 5.14. The first kappa shape index (κ1) is 20.8. The molecule has 1 aliphatic heterocycles. The summed E-state index contributed by atoms with van der Waals surface area (Å²) in [7, 11) is 0. The van der Waals surface area contributed by atoms with E-state index in [1.165, 1.54) is 0 Å². The Hall–Kier alpha value is -2.45. The van der Waals surface area contributed by atoms with E-state index in [0.717, 1.165) is 32.1 Å². The number of ketones is 1. The summed E-state index contributed by atoms with van der Waals surface area (Å²) in [5, 5.41) is 3.43. The largest absolute Gasteiger partial charge is 0.455 e. The first-order valence-corrected chi connectivity index (χ1v) is 11.0. The minimum absolute atomic E-state index is 0.0794. The molecular weight excluding hydrogens is 390 g/mol. The van der Waals surface area contributed by atoms with Crippen molar-refractivity contribution in [3.63, 3.8) is 0 Å². The molecule has 1 spiro atoms. The van der Waals surface area contributed by atoms with Crippen LogP contribution in [-0.2, 0) is 23.9 Å². The van der Waals surface area contributed by atoms with Crippen molar-refractivity contribution >= 4 is 29.6 Å². The molecule has 0 aromatic heterocycles. The third-order valence-electron chi connectivity index (χ3n) is 7.25. The first-order chi connectivity index (χ1) is 14.3. The Kier molecular flexibility index (Phi) is 5.55. The van der Waals surface area contributed by atoms with E-state index in [4.69, 9.17) is 4.74 Å². The van der Waals surface area contributed by atoms with Gasteiger partial charge in [0.2, 0.25) is 0 Å². The zero-order chi connectivity index (χ0) is 21.5. The van der Waals surface area contributed by atoms with Gasteiger partial charge in [-0.05, 0) is 57.3 Å². The second kappa shape index (κ2) is 8.00. The molecule has 9 heteroatoms. The van der Waals surface area contributed by atoms with Gasteiger partial charge in [0.25, 0.3) is 11.8 Å². The summed E-state index contributed by atoms with van der Waals surface area (Å²) in [6, 6.07) is -0.659. The molecule has 4 fully saturated rings. The number of amides is 4. The number of nitrogens with zero attached hydrogens (tertiary/aromatic N) is 1. The van der Waals surface area contributed by atoms with Crippen molar-refractivity contribution in [1.82, 2.24) is 15.8 Å². The van der Waals surface area contributed by atoms with Gasteiger partial charge in [-0.15, -0.1) is 0 Å². The Labute approximate surface area is 175 Å². The molecule has 2 bridgehead atoms. The number of rotatable bonds is 4. The molecule has 1 saturated heterocycles. The van der Waals surface area contributed by atoms with Crippen molar-refractivity contribution in [3.8, 4) is 0 Å². The van der Waals surface area contributed by atoms with E-state index in [0.29, 0.717) is 36.6 Å². The Balaban J connectivity index is 1.28. The number of hydrazine groups is 1. The van der Waals surface area contributed by atoms with Crippen LogP contribution >= 0.6 is 0 Å². The molecular formula is C21H29N3O6. The average Bonchev–Trinajstić information content (AvgIpc) is 2.92. The lowest BCUT2D eigenvalue weighted by Gasteiger charge is -2.36. The summed E-state index contributed by atoms with van der Waals surface area (Å²) in [5.41, 5.74) is 1.32. The maximum absolute atomic E-state index is 12.8. The molecule has 2 N–H and O–H groups in total. The van der Waals surface area contributed by atoms with Crippen LogP contribution < -0.4 is 10.7 Å². The summed E-state index contributed by atoms with van der Waals surface area (Å²) in [5.74, 6) is -1.48. The molecule has 0 aromatic carbocycles. The standard InChI is InChI=1S/C21H29N3O6/c1-12-5-7-21(8-6-12)19(28)24(20(29)22-21)23-16(25)11-30-18(27)15-9-13-3-2-4-14(10-15)17(13)26/h12-15H,2-11H2,1H3,(H,22,29)(H,23,25)/t12?,13-,14+,15?,21?. The van der Waals surface area contributed by atoms with Crippen LogP contribution in [-0.4, -0.2) is 46.8 Å². The number of hydrogen-bond acceptors (Lipinski definition) is 6. The van der Waals surface area contributed by atoms with Gasteiger partial charge in [0.1, 0.15) is 11.3 Å². The maximum Gasteiger partial charge on any atom is 0.344 e. The summed E-state index contributed by atoms with van der Waals surface area (Å²) in [4.78, 5) is 61.8. The predicted octanol–water partition coefficient (Wildman–Crippen LogP) is 1.46. The number of ether oxygens (including phenoxy) is 1. The van der Waals surface area contributed by atoms with Crippen LogP contribution in [0.4, 0.5) is 4.79 Å². The maximum atomic E-state index is 12.8. The number of carbonyl (C=O) groups is 5. The van der Waals surface area contributed by atoms with Crippen LogP contribution in [0.1, 0.15) is 64.7 Å². The molecule has 4 aliphatic rings. The summed E-state index contributed by atoms with van der Waals surface area (Å²) >= 11 is 0. The topological polar surface area (TPSA) is 122 Å². The van der Waals surface area contributed by atoms with E-state index in [1.54, 1.807) is 0 Å². The Bertz CT molecular complexity index is 757. The molecule has 3 aliphatic carbocycles. The summed E-state index contributed by atoms with van der Waals surface area (Å²) in [6.45, 7) is 1.54. The van der Waals surface area contributed by atoms with Crippen molar-refractivity contribution in [2.24, 2.45) is 23.7 Å². The Morgan fingerprint density at radius 2 is 1.73 bits per heavy atom. The quantitative estimate of drug-likeness (QED) is 0.525. The highest BCUT2D eigenvalue weighted by atomic mass is 16.5. The zero-order valence-electron chi connectivity index (χ0n) is 17.3. The lowest BCUT2D eigenvalue weighted by atomic mass is 9.67. The highest BCUT2D eigenvalue weighted by molar-refractivity contribution is 6.08. The van der Waals surface area contributed by atoms with Crippen molar-refractivity contribution in [3.05, 3.63) is 0 Å². The molecule has 4 amide bonds. The van der Waals surface area contributed by atoms with Gasteiger partial charge >= 0.3 is 12.0 Å². The minimum atomic E-state index is -0.944. The fourth-order valence-electron chi connectivity index (χ4n) is 5.40. The molecule has 164 valence electrons. The van der Waals surface area contributed by atoms with Crippen LogP contribution in [0.25, 0.3) is 0 Å². The van der Waals surface area contributed by atoms with E-state index in [9.17, 15) is 24.0 Å². The van der Waals surface area contributed by atoms with Gasteiger partial charge < -0.3 is 10.1 Å². The fraction of sp³-hybridized carbons (Fsp3) is 0.762. The van der Waals surface area contributed by atoms with E-state index < -0.39 is 36.0 Å². The van der Waals surface area contributed by atoms with Gasteiger partial charge in [-0.3, -0.25) is 24.6 Å². The summed E-state index contributed by atoms with van der Waals surface area (Å²) in [6.07, 6.45) is 6.34. The lowest BCUT2D eigenvalue weighted by Crippen LogP contribution is -2.52. The van der Waals surface area contributed by atoms with Crippen LogP contribution in [0.3, 0.4) is 0 Å². The number of fused-ring (bicyclic) bond motifs is 2. The van der Waals surface area contributed by atoms with E-state index in [1.807, 2.05) is 0 Å². The highest BCUT2D eigenvalue weighted by Crippen LogP contribution is 2.40. The third-order valence-corrected chi connectivity index (χ3v) is 7.25. The first-order valence-electron chi connectivity index (χ1n) is 11.0. The molecule has 0 radical (unpaired) electrons. The molecule has 30 heavy (non-hydrogen) atoms. The number of esters is 1. The number of imide groups is 1.